The SMILES string of the molecule is Cc1scc(C(=O)N2CCC[C@H](c3nnc(-c4ccsc4)o3)C2)c1C. The van der Waals surface area contributed by atoms with Gasteiger partial charge in [-0.3, -0.25) is 4.79 Å². The summed E-state index contributed by atoms with van der Waals surface area (Å²) in [6, 6.07) is 1.97. The first-order valence-corrected chi connectivity index (χ1v) is 10.2. The first kappa shape index (κ1) is 16.5. The van der Waals surface area contributed by atoms with Crippen molar-refractivity contribution >= 4 is 28.6 Å². The molecule has 4 heterocycles. The molecule has 0 spiro atoms. The van der Waals surface area contributed by atoms with Crippen LogP contribution >= 0.6 is 22.7 Å². The van der Waals surface area contributed by atoms with E-state index in [2.05, 4.69) is 17.1 Å². The summed E-state index contributed by atoms with van der Waals surface area (Å²) < 4.78 is 5.88. The first-order chi connectivity index (χ1) is 12.1. The molecule has 25 heavy (non-hydrogen) atoms. The minimum Gasteiger partial charge on any atom is -0.420 e. The highest BCUT2D eigenvalue weighted by Gasteiger charge is 2.30. The van der Waals surface area contributed by atoms with E-state index < -0.39 is 0 Å². The highest BCUT2D eigenvalue weighted by Crippen LogP contribution is 2.31. The Morgan fingerprint density at radius 2 is 2.20 bits per heavy atom. The van der Waals surface area contributed by atoms with Crippen molar-refractivity contribution in [2.24, 2.45) is 0 Å². The zero-order valence-electron chi connectivity index (χ0n) is 14.2. The standard InChI is InChI=1S/C18H19N3O2S2/c1-11-12(2)25-10-15(11)18(22)21-6-3-4-13(8-21)16-19-20-17(23-16)14-5-7-24-9-14/h5,7,9-10,13H,3-4,6,8H2,1-2H3/t13-/m0/s1. The number of rotatable bonds is 3. The van der Waals surface area contributed by atoms with E-state index in [1.54, 1.807) is 22.7 Å². The van der Waals surface area contributed by atoms with Crippen LogP contribution in [0.1, 0.15) is 45.4 Å². The van der Waals surface area contributed by atoms with Crippen molar-refractivity contribution in [3.8, 4) is 11.5 Å². The van der Waals surface area contributed by atoms with E-state index in [4.69, 9.17) is 4.42 Å². The molecule has 7 heteroatoms. The maximum absolute atomic E-state index is 12.9. The van der Waals surface area contributed by atoms with Gasteiger partial charge in [-0.05, 0) is 43.7 Å². The fourth-order valence-corrected chi connectivity index (χ4v) is 4.65. The summed E-state index contributed by atoms with van der Waals surface area (Å²) in [4.78, 5) is 16.0. The Bertz CT molecular complexity index is 882. The lowest BCUT2D eigenvalue weighted by molar-refractivity contribution is 0.0698. The fraction of sp³-hybridized carbons (Fsp3) is 0.389. The lowest BCUT2D eigenvalue weighted by atomic mass is 9.97. The molecule has 0 aliphatic carbocycles. The van der Waals surface area contributed by atoms with E-state index in [0.29, 0.717) is 18.3 Å². The molecule has 1 saturated heterocycles. The maximum atomic E-state index is 12.9. The van der Waals surface area contributed by atoms with Gasteiger partial charge in [-0.2, -0.15) is 11.3 Å². The van der Waals surface area contributed by atoms with E-state index in [0.717, 1.165) is 36.1 Å². The Labute approximate surface area is 154 Å². The van der Waals surface area contributed by atoms with Crippen LogP contribution in [0.5, 0.6) is 0 Å². The Kier molecular flexibility index (Phi) is 4.43. The van der Waals surface area contributed by atoms with Gasteiger partial charge in [0.25, 0.3) is 5.91 Å². The normalized spacial score (nSPS) is 17.8. The molecule has 3 aromatic rings. The van der Waals surface area contributed by atoms with E-state index in [9.17, 15) is 4.79 Å². The van der Waals surface area contributed by atoms with Gasteiger partial charge < -0.3 is 9.32 Å². The van der Waals surface area contributed by atoms with Crippen molar-refractivity contribution in [2.75, 3.05) is 13.1 Å². The summed E-state index contributed by atoms with van der Waals surface area (Å²) in [7, 11) is 0. The topological polar surface area (TPSA) is 59.2 Å². The number of piperidine rings is 1. The van der Waals surface area contributed by atoms with Crippen LogP contribution in [-0.4, -0.2) is 34.1 Å². The second-order valence-electron chi connectivity index (χ2n) is 6.38. The van der Waals surface area contributed by atoms with Gasteiger partial charge >= 0.3 is 0 Å². The number of carbonyl (C=O) groups excluding carboxylic acids is 1. The number of hydrogen-bond donors (Lipinski definition) is 0. The predicted octanol–water partition coefficient (Wildman–Crippen LogP) is 4.50. The molecule has 4 rings (SSSR count). The van der Waals surface area contributed by atoms with Gasteiger partial charge in [-0.1, -0.05) is 0 Å². The summed E-state index contributed by atoms with van der Waals surface area (Å²) in [6.45, 7) is 5.50. The van der Waals surface area contributed by atoms with Crippen molar-refractivity contribution in [3.05, 3.63) is 44.1 Å². The summed E-state index contributed by atoms with van der Waals surface area (Å²) >= 11 is 3.24. The molecule has 0 N–H and O–H groups in total. The van der Waals surface area contributed by atoms with Crippen LogP contribution in [0.3, 0.4) is 0 Å². The number of carbonyl (C=O) groups is 1. The molecule has 0 unspecified atom stereocenters. The summed E-state index contributed by atoms with van der Waals surface area (Å²) in [5.74, 6) is 1.42. The Morgan fingerprint density at radius 1 is 1.32 bits per heavy atom. The zero-order valence-corrected chi connectivity index (χ0v) is 15.8. The van der Waals surface area contributed by atoms with E-state index in [1.807, 2.05) is 34.0 Å². The number of amides is 1. The average Bonchev–Trinajstić information content (AvgIpc) is 3.37. The second kappa shape index (κ2) is 6.72. The predicted molar refractivity (Wildman–Crippen MR) is 99.3 cm³/mol. The molecule has 1 aliphatic heterocycles. The van der Waals surface area contributed by atoms with Crippen molar-refractivity contribution < 1.29 is 9.21 Å². The van der Waals surface area contributed by atoms with Crippen LogP contribution in [0, 0.1) is 13.8 Å². The van der Waals surface area contributed by atoms with Crippen LogP contribution in [0.25, 0.3) is 11.5 Å². The third-order valence-corrected chi connectivity index (χ3v) is 6.48. The number of thiophene rings is 2. The number of aryl methyl sites for hydroxylation is 1. The number of nitrogens with zero attached hydrogens (tertiary/aromatic N) is 3. The number of likely N-dealkylation sites (tertiary alicyclic amines) is 1. The molecule has 1 aliphatic rings. The van der Waals surface area contributed by atoms with Crippen molar-refractivity contribution in [1.82, 2.24) is 15.1 Å². The van der Waals surface area contributed by atoms with Crippen molar-refractivity contribution in [2.45, 2.75) is 32.6 Å². The largest absolute Gasteiger partial charge is 0.420 e. The van der Waals surface area contributed by atoms with E-state index >= 15 is 0 Å². The first-order valence-electron chi connectivity index (χ1n) is 8.33. The maximum Gasteiger partial charge on any atom is 0.254 e. The summed E-state index contributed by atoms with van der Waals surface area (Å²) in [5.41, 5.74) is 2.87. The minimum absolute atomic E-state index is 0.109. The van der Waals surface area contributed by atoms with E-state index in [1.165, 1.54) is 4.88 Å². The van der Waals surface area contributed by atoms with E-state index in [-0.39, 0.29) is 11.8 Å². The monoisotopic (exact) mass is 373 g/mol. The lowest BCUT2D eigenvalue weighted by Crippen LogP contribution is -2.39. The Balaban J connectivity index is 1.51. The van der Waals surface area contributed by atoms with Gasteiger partial charge in [-0.15, -0.1) is 21.5 Å². The molecule has 1 atom stereocenters. The van der Waals surface area contributed by atoms with Crippen LogP contribution in [0.4, 0.5) is 0 Å². The van der Waals surface area contributed by atoms with Crippen LogP contribution in [-0.2, 0) is 0 Å². The Morgan fingerprint density at radius 3 is 2.92 bits per heavy atom. The highest BCUT2D eigenvalue weighted by atomic mass is 32.1. The van der Waals surface area contributed by atoms with Gasteiger partial charge in [0.1, 0.15) is 0 Å². The molecule has 0 radical (unpaired) electrons. The van der Waals surface area contributed by atoms with Crippen molar-refractivity contribution in [3.63, 3.8) is 0 Å². The quantitative estimate of drug-likeness (QED) is 0.678. The molecular weight excluding hydrogens is 354 g/mol. The number of aromatic nitrogens is 2. The van der Waals surface area contributed by atoms with Gasteiger partial charge in [-0.25, -0.2) is 0 Å². The van der Waals surface area contributed by atoms with Crippen molar-refractivity contribution in [1.29, 1.82) is 0 Å². The lowest BCUT2D eigenvalue weighted by Gasteiger charge is -2.31. The smallest absolute Gasteiger partial charge is 0.254 e. The van der Waals surface area contributed by atoms with Crippen LogP contribution in [0.15, 0.2) is 26.6 Å². The molecule has 5 nitrogen and oxygen atoms in total. The molecule has 0 saturated carbocycles. The minimum atomic E-state index is 0.109. The zero-order chi connectivity index (χ0) is 17.4. The third-order valence-electron chi connectivity index (χ3n) is 4.78. The summed E-state index contributed by atoms with van der Waals surface area (Å²) in [5, 5.41) is 14.4. The molecule has 1 amide bonds. The van der Waals surface area contributed by atoms with Crippen LogP contribution in [0.2, 0.25) is 0 Å². The number of hydrogen-bond acceptors (Lipinski definition) is 6. The second-order valence-corrected chi connectivity index (χ2v) is 8.24. The van der Waals surface area contributed by atoms with Crippen LogP contribution < -0.4 is 0 Å². The Hall–Kier alpha value is -1.99. The molecule has 1 fully saturated rings. The fourth-order valence-electron chi connectivity index (χ4n) is 3.16. The van der Waals surface area contributed by atoms with Gasteiger partial charge in [0, 0.05) is 34.3 Å². The van der Waals surface area contributed by atoms with Gasteiger partial charge in [0.05, 0.1) is 11.5 Å². The van der Waals surface area contributed by atoms with Gasteiger partial charge in [0.2, 0.25) is 11.8 Å². The third kappa shape index (κ3) is 3.14. The molecule has 130 valence electrons. The van der Waals surface area contributed by atoms with Gasteiger partial charge in [0.15, 0.2) is 0 Å². The molecular formula is C18H19N3O2S2. The molecule has 3 aromatic heterocycles. The average molecular weight is 374 g/mol. The molecule has 0 aromatic carbocycles. The summed E-state index contributed by atoms with van der Waals surface area (Å²) in [6.07, 6.45) is 1.92. The molecule has 0 bridgehead atoms. The highest BCUT2D eigenvalue weighted by molar-refractivity contribution is 7.10.